The topological polar surface area (TPSA) is 111 Å². The first kappa shape index (κ1) is 30.6. The van der Waals surface area contributed by atoms with Crippen LogP contribution in [0.15, 0.2) is 78.0 Å². The number of carbonyl (C=O) groups excluding carboxylic acids is 2. The molecular weight excluding hydrogens is 597 g/mol. The molecule has 1 fully saturated rings. The van der Waals surface area contributed by atoms with E-state index in [-0.39, 0.29) is 24.0 Å². The van der Waals surface area contributed by atoms with Gasteiger partial charge in [-0.05, 0) is 79.1 Å². The normalized spacial score (nSPS) is 14.2. The predicted molar refractivity (Wildman–Crippen MR) is 160 cm³/mol. The van der Waals surface area contributed by atoms with Crippen molar-refractivity contribution in [3.8, 4) is 17.2 Å². The predicted octanol–water partition coefficient (Wildman–Crippen LogP) is 6.67. The highest BCUT2D eigenvalue weighted by atomic mass is 32.2. The van der Waals surface area contributed by atoms with Crippen molar-refractivity contribution in [2.75, 3.05) is 16.0 Å². The van der Waals surface area contributed by atoms with Crippen molar-refractivity contribution in [2.45, 2.75) is 39.7 Å². The zero-order valence-corrected chi connectivity index (χ0v) is 24.5. The highest BCUT2D eigenvalue weighted by Crippen LogP contribution is 2.31. The lowest BCUT2D eigenvalue weighted by Gasteiger charge is -2.20. The first-order valence-electron chi connectivity index (χ1n) is 13.5. The fourth-order valence-corrected chi connectivity index (χ4v) is 5.21. The van der Waals surface area contributed by atoms with E-state index in [9.17, 15) is 22.8 Å². The zero-order chi connectivity index (χ0) is 31.3. The van der Waals surface area contributed by atoms with Crippen molar-refractivity contribution in [3.63, 3.8) is 0 Å². The summed E-state index contributed by atoms with van der Waals surface area (Å²) in [5.74, 6) is 0.574. The van der Waals surface area contributed by atoms with Gasteiger partial charge in [0.2, 0.25) is 5.91 Å². The quantitative estimate of drug-likeness (QED) is 0.221. The molecule has 0 radical (unpaired) electrons. The molecule has 10 nitrogen and oxygen atoms in total. The fraction of sp³-hybridized carbons (Fsp3) is 0.233. The Bertz CT molecular complexity index is 1670. The lowest BCUT2D eigenvalue weighted by atomic mass is 10.0. The van der Waals surface area contributed by atoms with E-state index in [0.717, 1.165) is 29.7 Å². The minimum atomic E-state index is -4.77. The molecular formula is C30H27F3N6O4S. The van der Waals surface area contributed by atoms with Crippen LogP contribution in [0.3, 0.4) is 0 Å². The Hall–Kier alpha value is -4.85. The first-order chi connectivity index (χ1) is 21.1. The van der Waals surface area contributed by atoms with Crippen LogP contribution in [-0.4, -0.2) is 44.0 Å². The van der Waals surface area contributed by atoms with Gasteiger partial charge in [-0.2, -0.15) is 4.99 Å². The van der Waals surface area contributed by atoms with E-state index in [1.165, 1.54) is 51.9 Å². The number of aryl methyl sites for hydroxylation is 2. The van der Waals surface area contributed by atoms with Crippen LogP contribution in [0.5, 0.6) is 11.5 Å². The van der Waals surface area contributed by atoms with Crippen LogP contribution in [0.4, 0.5) is 29.3 Å². The Balaban J connectivity index is 1.17. The minimum absolute atomic E-state index is 0.0295. The number of halogens is 3. The molecule has 1 saturated heterocycles. The van der Waals surface area contributed by atoms with Crippen LogP contribution in [0.1, 0.15) is 30.3 Å². The molecule has 2 heterocycles. The van der Waals surface area contributed by atoms with E-state index < -0.39 is 12.4 Å². The number of amidine groups is 1. The summed E-state index contributed by atoms with van der Waals surface area (Å²) in [5, 5.41) is 7.31. The van der Waals surface area contributed by atoms with Crippen molar-refractivity contribution in [1.29, 1.82) is 0 Å². The number of urea groups is 1. The van der Waals surface area contributed by atoms with Gasteiger partial charge in [0.25, 0.3) is 0 Å². The average molecular weight is 625 g/mol. The summed E-state index contributed by atoms with van der Waals surface area (Å²) in [5.41, 5.74) is 3.75. The average Bonchev–Trinajstić information content (AvgIpc) is 3.60. The van der Waals surface area contributed by atoms with Gasteiger partial charge in [0.15, 0.2) is 11.0 Å². The van der Waals surface area contributed by atoms with Gasteiger partial charge in [-0.1, -0.05) is 37.2 Å². The minimum Gasteiger partial charge on any atom is -0.486 e. The molecule has 1 aliphatic heterocycles. The van der Waals surface area contributed by atoms with Gasteiger partial charge >= 0.3 is 12.4 Å². The van der Waals surface area contributed by atoms with Crippen LogP contribution in [0.2, 0.25) is 0 Å². The number of ether oxygens (including phenoxy) is 2. The summed E-state index contributed by atoms with van der Waals surface area (Å²) in [6, 6.07) is 17.2. The Morgan fingerprint density at radius 3 is 2.50 bits per heavy atom. The van der Waals surface area contributed by atoms with Gasteiger partial charge in [-0.25, -0.2) is 14.5 Å². The fourth-order valence-electron chi connectivity index (χ4n) is 4.35. The van der Waals surface area contributed by atoms with Crippen molar-refractivity contribution in [1.82, 2.24) is 14.8 Å². The van der Waals surface area contributed by atoms with E-state index >= 15 is 0 Å². The van der Waals surface area contributed by atoms with E-state index in [1.54, 1.807) is 24.3 Å². The largest absolute Gasteiger partial charge is 0.573 e. The second-order valence-electron chi connectivity index (χ2n) is 9.68. The van der Waals surface area contributed by atoms with Gasteiger partial charge < -0.3 is 14.8 Å². The highest BCUT2D eigenvalue weighted by molar-refractivity contribution is 8.15. The zero-order valence-electron chi connectivity index (χ0n) is 23.7. The third kappa shape index (κ3) is 7.75. The monoisotopic (exact) mass is 624 g/mol. The van der Waals surface area contributed by atoms with E-state index in [4.69, 9.17) is 4.74 Å². The second kappa shape index (κ2) is 13.2. The van der Waals surface area contributed by atoms with Crippen molar-refractivity contribution >= 4 is 40.2 Å². The molecule has 4 aromatic rings. The lowest BCUT2D eigenvalue weighted by Crippen LogP contribution is -2.31. The summed E-state index contributed by atoms with van der Waals surface area (Å²) in [6.45, 7) is 4.05. The van der Waals surface area contributed by atoms with Crippen LogP contribution < -0.4 is 19.7 Å². The lowest BCUT2D eigenvalue weighted by molar-refractivity contribution is -0.274. The number of hydrogen-bond donors (Lipinski definition) is 1. The number of aliphatic imine (C=N–C) groups is 1. The number of carbonyl (C=O) groups is 2. The molecule has 0 bridgehead atoms. The number of aromatic nitrogens is 3. The molecule has 14 heteroatoms. The van der Waals surface area contributed by atoms with Gasteiger partial charge in [-0.3, -0.25) is 9.69 Å². The SMILES string of the molecule is CCCc1ccc(C)cc1N1C(=O)CS/C1=N\C(=O)Nc1ccc(OCc2ncn(-c3ccc(OC(F)(F)F)cc3)n2)cc1. The Morgan fingerprint density at radius 2 is 1.80 bits per heavy atom. The van der Waals surface area contributed by atoms with Crippen molar-refractivity contribution in [3.05, 3.63) is 90.0 Å². The third-order valence-corrected chi connectivity index (χ3v) is 7.23. The molecule has 1 aromatic heterocycles. The summed E-state index contributed by atoms with van der Waals surface area (Å²) < 4.78 is 48.1. The van der Waals surface area contributed by atoms with Crippen LogP contribution >= 0.6 is 11.8 Å². The summed E-state index contributed by atoms with van der Waals surface area (Å²) >= 11 is 1.22. The molecule has 0 spiro atoms. The molecule has 3 amide bonds. The molecule has 44 heavy (non-hydrogen) atoms. The standard InChI is InChI=1S/C30H27F3N6O4S/c1-3-4-20-6-5-19(2)15-25(20)39-27(40)17-44-29(39)36-28(41)35-21-7-11-23(12-8-21)42-16-26-34-18-38(37-26)22-9-13-24(14-10-22)43-30(31,32)33/h5-15,18H,3-4,16-17H2,1-2H3,(H,35,41)/b36-29-. The summed E-state index contributed by atoms with van der Waals surface area (Å²) in [7, 11) is 0. The van der Waals surface area contributed by atoms with Crippen molar-refractivity contribution in [2.24, 2.45) is 4.99 Å². The summed E-state index contributed by atoms with van der Waals surface area (Å²) in [4.78, 5) is 35.4. The van der Waals surface area contributed by atoms with Gasteiger partial charge in [0.1, 0.15) is 24.4 Å². The van der Waals surface area contributed by atoms with Crippen LogP contribution in [0.25, 0.3) is 5.69 Å². The number of rotatable bonds is 9. The number of amides is 3. The number of thioether (sulfide) groups is 1. The maximum absolute atomic E-state index is 12.8. The maximum atomic E-state index is 12.8. The number of benzene rings is 3. The van der Waals surface area contributed by atoms with Crippen LogP contribution in [-0.2, 0) is 17.8 Å². The molecule has 0 unspecified atom stereocenters. The first-order valence-corrected chi connectivity index (χ1v) is 14.5. The van der Waals surface area contributed by atoms with Crippen molar-refractivity contribution < 1.29 is 32.2 Å². The summed E-state index contributed by atoms with van der Waals surface area (Å²) in [6.07, 6.45) is -1.64. The molecule has 0 atom stereocenters. The molecule has 3 aromatic carbocycles. The van der Waals surface area contributed by atoms with E-state index in [2.05, 4.69) is 32.1 Å². The molecule has 5 rings (SSSR count). The number of hydrogen-bond acceptors (Lipinski definition) is 7. The Morgan fingerprint density at radius 1 is 1.07 bits per heavy atom. The number of alkyl halides is 3. The van der Waals surface area contributed by atoms with E-state index in [0.29, 0.717) is 28.1 Å². The van der Waals surface area contributed by atoms with Crippen LogP contribution in [0, 0.1) is 6.92 Å². The third-order valence-electron chi connectivity index (χ3n) is 6.31. The van der Waals surface area contributed by atoms with Gasteiger partial charge in [-0.15, -0.1) is 18.3 Å². The second-order valence-corrected chi connectivity index (χ2v) is 10.6. The molecule has 0 aliphatic carbocycles. The molecule has 0 saturated carbocycles. The number of nitrogens with one attached hydrogen (secondary N) is 1. The maximum Gasteiger partial charge on any atom is 0.573 e. The van der Waals surface area contributed by atoms with Gasteiger partial charge in [0.05, 0.1) is 17.1 Å². The smallest absolute Gasteiger partial charge is 0.486 e. The number of anilines is 2. The Labute approximate surface area is 254 Å². The molecule has 1 aliphatic rings. The highest BCUT2D eigenvalue weighted by Gasteiger charge is 2.32. The Kier molecular flexibility index (Phi) is 9.18. The van der Waals surface area contributed by atoms with E-state index in [1.807, 2.05) is 25.1 Å². The molecule has 1 N–H and O–H groups in total. The number of nitrogens with zero attached hydrogens (tertiary/aromatic N) is 5. The molecule has 228 valence electrons. The van der Waals surface area contributed by atoms with Gasteiger partial charge in [0, 0.05) is 5.69 Å².